The van der Waals surface area contributed by atoms with Crippen molar-refractivity contribution in [3.63, 3.8) is 0 Å². The summed E-state index contributed by atoms with van der Waals surface area (Å²) in [5, 5.41) is 7.50. The van der Waals surface area contributed by atoms with E-state index in [4.69, 9.17) is 4.42 Å². The zero-order chi connectivity index (χ0) is 18.8. The standard InChI is InChI=1S/C19H15N3O4S/c23-16-7-13(8-17(24)22-16)11-2-1-3-14(6-11)20-18(25)15-10-27-19(21-15)12-4-5-26-9-12/h1-6,9-10,13H,7-8H2,(H,20,25)(H,22,23,24). The van der Waals surface area contributed by atoms with Gasteiger partial charge in [-0.1, -0.05) is 12.1 Å². The molecule has 0 aliphatic carbocycles. The molecule has 0 radical (unpaired) electrons. The molecule has 2 aromatic heterocycles. The number of thiazole rings is 1. The lowest BCUT2D eigenvalue weighted by Crippen LogP contribution is -2.37. The fraction of sp³-hybridized carbons (Fsp3) is 0.158. The number of rotatable bonds is 4. The summed E-state index contributed by atoms with van der Waals surface area (Å²) in [6, 6.07) is 8.98. The summed E-state index contributed by atoms with van der Waals surface area (Å²) >= 11 is 1.36. The van der Waals surface area contributed by atoms with E-state index in [1.165, 1.54) is 11.3 Å². The van der Waals surface area contributed by atoms with Crippen molar-refractivity contribution >= 4 is 34.7 Å². The minimum absolute atomic E-state index is 0.185. The van der Waals surface area contributed by atoms with Gasteiger partial charge >= 0.3 is 0 Å². The van der Waals surface area contributed by atoms with Crippen LogP contribution in [0.4, 0.5) is 5.69 Å². The molecule has 8 heteroatoms. The van der Waals surface area contributed by atoms with E-state index in [1.807, 2.05) is 6.07 Å². The number of anilines is 1. The summed E-state index contributed by atoms with van der Waals surface area (Å²) in [4.78, 5) is 40.0. The van der Waals surface area contributed by atoms with Gasteiger partial charge in [0, 0.05) is 35.4 Å². The number of hydrogen-bond donors (Lipinski definition) is 2. The Hall–Kier alpha value is -3.26. The van der Waals surface area contributed by atoms with Crippen molar-refractivity contribution in [1.29, 1.82) is 0 Å². The van der Waals surface area contributed by atoms with Crippen LogP contribution in [0.25, 0.3) is 10.6 Å². The highest BCUT2D eigenvalue weighted by molar-refractivity contribution is 7.13. The summed E-state index contributed by atoms with van der Waals surface area (Å²) in [6.45, 7) is 0. The molecule has 0 saturated carbocycles. The van der Waals surface area contributed by atoms with E-state index in [2.05, 4.69) is 15.6 Å². The van der Waals surface area contributed by atoms with Crippen LogP contribution in [-0.2, 0) is 9.59 Å². The first-order valence-corrected chi connectivity index (χ1v) is 9.18. The maximum atomic E-state index is 12.5. The smallest absolute Gasteiger partial charge is 0.275 e. The first-order chi connectivity index (χ1) is 13.1. The fourth-order valence-corrected chi connectivity index (χ4v) is 3.76. The lowest BCUT2D eigenvalue weighted by molar-refractivity contribution is -0.133. The molecule has 3 heterocycles. The van der Waals surface area contributed by atoms with E-state index in [1.54, 1.807) is 42.2 Å². The Morgan fingerprint density at radius 1 is 1.22 bits per heavy atom. The number of carbonyl (C=O) groups is 3. The van der Waals surface area contributed by atoms with Gasteiger partial charge in [-0.3, -0.25) is 19.7 Å². The second-order valence-electron chi connectivity index (χ2n) is 6.21. The Balaban J connectivity index is 1.49. The molecule has 1 fully saturated rings. The molecule has 0 unspecified atom stereocenters. The third kappa shape index (κ3) is 3.80. The Bertz CT molecular complexity index is 994. The Labute approximate surface area is 158 Å². The van der Waals surface area contributed by atoms with E-state index < -0.39 is 0 Å². The lowest BCUT2D eigenvalue weighted by Gasteiger charge is -2.21. The average molecular weight is 381 g/mol. The average Bonchev–Trinajstić information content (AvgIpc) is 3.33. The molecule has 4 rings (SSSR count). The third-order valence-corrected chi connectivity index (χ3v) is 5.15. The van der Waals surface area contributed by atoms with E-state index in [9.17, 15) is 14.4 Å². The molecule has 0 atom stereocenters. The number of amides is 3. The molecule has 7 nitrogen and oxygen atoms in total. The van der Waals surface area contributed by atoms with Gasteiger partial charge in [-0.15, -0.1) is 11.3 Å². The van der Waals surface area contributed by atoms with Gasteiger partial charge in [0.05, 0.1) is 6.26 Å². The molecule has 1 aromatic carbocycles. The van der Waals surface area contributed by atoms with Crippen LogP contribution < -0.4 is 10.6 Å². The highest BCUT2D eigenvalue weighted by atomic mass is 32.1. The highest BCUT2D eigenvalue weighted by Crippen LogP contribution is 2.28. The summed E-state index contributed by atoms with van der Waals surface area (Å²) in [7, 11) is 0. The predicted molar refractivity (Wildman–Crippen MR) is 99.3 cm³/mol. The molecule has 1 saturated heterocycles. The number of furan rings is 1. The topological polar surface area (TPSA) is 101 Å². The maximum absolute atomic E-state index is 12.5. The molecular formula is C19H15N3O4S. The first-order valence-electron chi connectivity index (χ1n) is 8.30. The van der Waals surface area contributed by atoms with Crippen molar-refractivity contribution in [2.24, 2.45) is 0 Å². The van der Waals surface area contributed by atoms with Crippen molar-refractivity contribution < 1.29 is 18.8 Å². The van der Waals surface area contributed by atoms with E-state index in [0.717, 1.165) is 11.1 Å². The zero-order valence-electron chi connectivity index (χ0n) is 14.1. The van der Waals surface area contributed by atoms with Crippen LogP contribution in [0.15, 0.2) is 52.7 Å². The van der Waals surface area contributed by atoms with Gasteiger partial charge in [0.1, 0.15) is 17.0 Å². The molecule has 0 bridgehead atoms. The van der Waals surface area contributed by atoms with Crippen LogP contribution in [0, 0.1) is 0 Å². The molecule has 3 aromatic rings. The van der Waals surface area contributed by atoms with Gasteiger partial charge in [-0.25, -0.2) is 4.98 Å². The van der Waals surface area contributed by atoms with Crippen LogP contribution in [0.2, 0.25) is 0 Å². The van der Waals surface area contributed by atoms with Gasteiger partial charge in [0.2, 0.25) is 11.8 Å². The van der Waals surface area contributed by atoms with Crippen LogP contribution in [0.3, 0.4) is 0 Å². The van der Waals surface area contributed by atoms with Gasteiger partial charge in [-0.05, 0) is 23.8 Å². The van der Waals surface area contributed by atoms with Crippen LogP contribution in [0.1, 0.15) is 34.8 Å². The second-order valence-corrected chi connectivity index (χ2v) is 7.06. The van der Waals surface area contributed by atoms with Crippen molar-refractivity contribution in [1.82, 2.24) is 10.3 Å². The summed E-state index contributed by atoms with van der Waals surface area (Å²) < 4.78 is 5.03. The largest absolute Gasteiger partial charge is 0.472 e. The molecule has 136 valence electrons. The quantitative estimate of drug-likeness (QED) is 0.676. The fourth-order valence-electron chi connectivity index (χ4n) is 2.98. The zero-order valence-corrected chi connectivity index (χ0v) is 14.9. The normalized spacial score (nSPS) is 14.8. The van der Waals surface area contributed by atoms with Crippen molar-refractivity contribution in [3.05, 3.63) is 59.5 Å². The number of imide groups is 1. The number of aromatic nitrogens is 1. The lowest BCUT2D eigenvalue weighted by atomic mass is 9.89. The molecule has 1 aliphatic rings. The molecular weight excluding hydrogens is 366 g/mol. The molecule has 3 amide bonds. The summed E-state index contributed by atoms with van der Waals surface area (Å²) in [6.07, 6.45) is 3.64. The number of carbonyl (C=O) groups excluding carboxylic acids is 3. The maximum Gasteiger partial charge on any atom is 0.275 e. The minimum Gasteiger partial charge on any atom is -0.472 e. The number of benzene rings is 1. The first kappa shape index (κ1) is 17.2. The monoisotopic (exact) mass is 381 g/mol. The van der Waals surface area contributed by atoms with Crippen molar-refractivity contribution in [2.75, 3.05) is 5.32 Å². The van der Waals surface area contributed by atoms with E-state index in [-0.39, 0.29) is 36.5 Å². The predicted octanol–water partition coefficient (Wildman–Crippen LogP) is 3.18. The highest BCUT2D eigenvalue weighted by Gasteiger charge is 2.26. The van der Waals surface area contributed by atoms with Gasteiger partial charge in [-0.2, -0.15) is 0 Å². The number of nitrogens with one attached hydrogen (secondary N) is 2. The van der Waals surface area contributed by atoms with Crippen molar-refractivity contribution in [2.45, 2.75) is 18.8 Å². The van der Waals surface area contributed by atoms with Crippen LogP contribution in [-0.4, -0.2) is 22.7 Å². The third-order valence-electron chi connectivity index (χ3n) is 4.26. The van der Waals surface area contributed by atoms with Gasteiger partial charge in [0.25, 0.3) is 5.91 Å². The SMILES string of the molecule is O=C1CC(c2cccc(NC(=O)c3csc(-c4ccoc4)n3)c2)CC(=O)N1. The summed E-state index contributed by atoms with van der Waals surface area (Å²) in [5.74, 6) is -1.06. The molecule has 0 spiro atoms. The number of hydrogen-bond acceptors (Lipinski definition) is 6. The van der Waals surface area contributed by atoms with Crippen LogP contribution in [0.5, 0.6) is 0 Å². The van der Waals surface area contributed by atoms with Crippen molar-refractivity contribution in [3.8, 4) is 10.6 Å². The molecule has 27 heavy (non-hydrogen) atoms. The van der Waals surface area contributed by atoms with Gasteiger partial charge in [0.15, 0.2) is 0 Å². The number of piperidine rings is 1. The number of nitrogens with zero attached hydrogens (tertiary/aromatic N) is 1. The van der Waals surface area contributed by atoms with E-state index >= 15 is 0 Å². The summed E-state index contributed by atoms with van der Waals surface area (Å²) in [5.41, 5.74) is 2.57. The Morgan fingerprint density at radius 2 is 2.04 bits per heavy atom. The molecule has 2 N–H and O–H groups in total. The molecule has 1 aliphatic heterocycles. The Kier molecular flexibility index (Phi) is 4.55. The Morgan fingerprint density at radius 3 is 2.78 bits per heavy atom. The minimum atomic E-state index is -0.324. The van der Waals surface area contributed by atoms with Crippen LogP contribution >= 0.6 is 11.3 Å². The van der Waals surface area contributed by atoms with Gasteiger partial charge < -0.3 is 9.73 Å². The second kappa shape index (κ2) is 7.16. The van der Waals surface area contributed by atoms with E-state index in [0.29, 0.717) is 16.4 Å².